The van der Waals surface area contributed by atoms with Gasteiger partial charge in [-0.25, -0.2) is 9.97 Å². The maximum atomic E-state index is 13.0. The molecule has 0 unspecified atom stereocenters. The zero-order valence-electron chi connectivity index (χ0n) is 16.2. The minimum Gasteiger partial charge on any atom is -0.493 e. The fraction of sp³-hybridized carbons (Fsp3) is 0.318. The van der Waals surface area contributed by atoms with E-state index in [1.54, 1.807) is 29.4 Å². The van der Waals surface area contributed by atoms with E-state index < -0.39 is 0 Å². The molecule has 3 aromatic rings. The molecule has 0 N–H and O–H groups in total. The van der Waals surface area contributed by atoms with Gasteiger partial charge in [0.15, 0.2) is 0 Å². The number of amides is 1. The van der Waals surface area contributed by atoms with Gasteiger partial charge in [0, 0.05) is 63.3 Å². The summed E-state index contributed by atoms with van der Waals surface area (Å²) >= 11 is 0. The monoisotopic (exact) mass is 389 g/mol. The van der Waals surface area contributed by atoms with Crippen LogP contribution < -0.4 is 4.74 Å². The molecule has 2 aliphatic heterocycles. The second kappa shape index (κ2) is 7.67. The van der Waals surface area contributed by atoms with E-state index in [2.05, 4.69) is 33.1 Å². The molecular formula is C22H23N5O2. The van der Waals surface area contributed by atoms with Gasteiger partial charge in [-0.05, 0) is 29.3 Å². The Morgan fingerprint density at radius 2 is 1.97 bits per heavy atom. The third kappa shape index (κ3) is 3.73. The van der Waals surface area contributed by atoms with Gasteiger partial charge in [-0.2, -0.15) is 0 Å². The van der Waals surface area contributed by atoms with Gasteiger partial charge in [0.2, 0.25) is 0 Å². The van der Waals surface area contributed by atoms with E-state index in [0.29, 0.717) is 11.4 Å². The number of carbonyl (C=O) groups excluding carboxylic acids is 1. The summed E-state index contributed by atoms with van der Waals surface area (Å²) in [7, 11) is 0. The summed E-state index contributed by atoms with van der Waals surface area (Å²) in [6.45, 7) is 4.91. The van der Waals surface area contributed by atoms with Crippen molar-refractivity contribution in [2.75, 3.05) is 32.8 Å². The number of aromatic nitrogens is 3. The molecule has 0 spiro atoms. The molecule has 0 atom stereocenters. The second-order valence-electron chi connectivity index (χ2n) is 7.48. The van der Waals surface area contributed by atoms with E-state index in [9.17, 15) is 4.79 Å². The van der Waals surface area contributed by atoms with Crippen molar-refractivity contribution in [3.05, 3.63) is 71.9 Å². The first kappa shape index (κ1) is 17.9. The molecule has 1 saturated heterocycles. The molecule has 0 radical (unpaired) electrons. The van der Waals surface area contributed by atoms with E-state index in [0.717, 1.165) is 51.5 Å². The first-order valence-corrected chi connectivity index (χ1v) is 9.97. The highest BCUT2D eigenvalue weighted by Crippen LogP contribution is 2.26. The molecular weight excluding hydrogens is 366 g/mol. The molecule has 5 rings (SSSR count). The van der Waals surface area contributed by atoms with Crippen molar-refractivity contribution in [3.8, 4) is 11.6 Å². The summed E-state index contributed by atoms with van der Waals surface area (Å²) in [5.41, 5.74) is 3.28. The molecule has 0 bridgehead atoms. The van der Waals surface area contributed by atoms with E-state index in [4.69, 9.17) is 4.74 Å². The van der Waals surface area contributed by atoms with Crippen LogP contribution in [0.15, 0.2) is 55.2 Å². The smallest absolute Gasteiger partial charge is 0.254 e. The maximum Gasteiger partial charge on any atom is 0.254 e. The van der Waals surface area contributed by atoms with Crippen molar-refractivity contribution >= 4 is 5.91 Å². The SMILES string of the molecule is O=C(c1ccnc(-n2ccnc2)c1)N1CCN(Cc2ccc3c(c2)CCO3)CC1. The van der Waals surface area contributed by atoms with Crippen molar-refractivity contribution in [2.45, 2.75) is 13.0 Å². The molecule has 4 heterocycles. The van der Waals surface area contributed by atoms with E-state index in [1.165, 1.54) is 11.1 Å². The van der Waals surface area contributed by atoms with Crippen LogP contribution in [-0.2, 0) is 13.0 Å². The van der Waals surface area contributed by atoms with Gasteiger partial charge in [0.25, 0.3) is 5.91 Å². The molecule has 0 aliphatic carbocycles. The molecule has 7 nitrogen and oxygen atoms in total. The van der Waals surface area contributed by atoms with Crippen LogP contribution in [0.25, 0.3) is 5.82 Å². The third-order valence-electron chi connectivity index (χ3n) is 5.58. The standard InChI is InChI=1S/C22H23N5O2/c28-22(19-3-5-24-21(14-19)27-7-6-23-16-27)26-10-8-25(9-11-26)15-17-1-2-20-18(13-17)4-12-29-20/h1-3,5-7,13-14,16H,4,8-12,15H2. The summed E-state index contributed by atoms with van der Waals surface area (Å²) < 4.78 is 7.39. The molecule has 0 saturated carbocycles. The lowest BCUT2D eigenvalue weighted by atomic mass is 10.1. The van der Waals surface area contributed by atoms with Crippen molar-refractivity contribution in [3.63, 3.8) is 0 Å². The van der Waals surface area contributed by atoms with Crippen LogP contribution in [0.2, 0.25) is 0 Å². The summed E-state index contributed by atoms with van der Waals surface area (Å²) in [6.07, 6.45) is 7.87. The predicted octanol–water partition coefficient (Wildman–Crippen LogP) is 2.16. The summed E-state index contributed by atoms with van der Waals surface area (Å²) in [4.78, 5) is 25.7. The lowest BCUT2D eigenvalue weighted by Gasteiger charge is -2.34. The maximum absolute atomic E-state index is 13.0. The Bertz CT molecular complexity index is 1010. The predicted molar refractivity (Wildman–Crippen MR) is 108 cm³/mol. The highest BCUT2D eigenvalue weighted by molar-refractivity contribution is 5.94. The summed E-state index contributed by atoms with van der Waals surface area (Å²) in [5, 5.41) is 0. The van der Waals surface area contributed by atoms with Crippen molar-refractivity contribution in [1.82, 2.24) is 24.3 Å². The van der Waals surface area contributed by atoms with Gasteiger partial charge < -0.3 is 9.64 Å². The van der Waals surface area contributed by atoms with Crippen molar-refractivity contribution < 1.29 is 9.53 Å². The molecule has 2 aromatic heterocycles. The van der Waals surface area contributed by atoms with Gasteiger partial charge >= 0.3 is 0 Å². The molecule has 148 valence electrons. The van der Waals surface area contributed by atoms with Gasteiger partial charge in [0.05, 0.1) is 6.61 Å². The molecule has 1 fully saturated rings. The van der Waals surface area contributed by atoms with Gasteiger partial charge in [-0.3, -0.25) is 14.3 Å². The number of rotatable bonds is 4. The molecule has 1 aromatic carbocycles. The van der Waals surface area contributed by atoms with E-state index in [-0.39, 0.29) is 5.91 Å². The zero-order chi connectivity index (χ0) is 19.6. The number of hydrogen-bond donors (Lipinski definition) is 0. The topological polar surface area (TPSA) is 63.5 Å². The van der Waals surface area contributed by atoms with Crippen LogP contribution >= 0.6 is 0 Å². The Kier molecular flexibility index (Phi) is 4.73. The summed E-state index contributed by atoms with van der Waals surface area (Å²) in [6, 6.07) is 10.1. The van der Waals surface area contributed by atoms with Crippen LogP contribution in [0, 0.1) is 0 Å². The summed E-state index contributed by atoms with van der Waals surface area (Å²) in [5.74, 6) is 1.78. The highest BCUT2D eigenvalue weighted by Gasteiger charge is 2.23. The minimum atomic E-state index is 0.0584. The Balaban J connectivity index is 1.20. The van der Waals surface area contributed by atoms with Crippen LogP contribution in [-0.4, -0.2) is 63.0 Å². The number of benzene rings is 1. The largest absolute Gasteiger partial charge is 0.493 e. The fourth-order valence-electron chi connectivity index (χ4n) is 3.98. The van der Waals surface area contributed by atoms with Crippen molar-refractivity contribution in [2.24, 2.45) is 0 Å². The number of carbonyl (C=O) groups is 1. The first-order chi connectivity index (χ1) is 14.3. The molecule has 1 amide bonds. The minimum absolute atomic E-state index is 0.0584. The number of imidazole rings is 1. The lowest BCUT2D eigenvalue weighted by Crippen LogP contribution is -2.48. The second-order valence-corrected chi connectivity index (χ2v) is 7.48. The van der Waals surface area contributed by atoms with Crippen LogP contribution in [0.4, 0.5) is 0 Å². The molecule has 7 heteroatoms. The average molecular weight is 389 g/mol. The zero-order valence-corrected chi connectivity index (χ0v) is 16.2. The Morgan fingerprint density at radius 3 is 2.79 bits per heavy atom. The average Bonchev–Trinajstić information content (AvgIpc) is 3.46. The number of fused-ring (bicyclic) bond motifs is 1. The third-order valence-corrected chi connectivity index (χ3v) is 5.58. The lowest BCUT2D eigenvalue weighted by molar-refractivity contribution is 0.0628. The quantitative estimate of drug-likeness (QED) is 0.684. The Labute approximate surface area is 169 Å². The van der Waals surface area contributed by atoms with Crippen LogP contribution in [0.1, 0.15) is 21.5 Å². The van der Waals surface area contributed by atoms with Crippen molar-refractivity contribution in [1.29, 1.82) is 0 Å². The van der Waals surface area contributed by atoms with E-state index >= 15 is 0 Å². The highest BCUT2D eigenvalue weighted by atomic mass is 16.5. The molecule has 29 heavy (non-hydrogen) atoms. The fourth-order valence-corrected chi connectivity index (χ4v) is 3.98. The van der Waals surface area contributed by atoms with Crippen LogP contribution in [0.5, 0.6) is 5.75 Å². The van der Waals surface area contributed by atoms with Gasteiger partial charge in [-0.15, -0.1) is 0 Å². The normalized spacial score (nSPS) is 16.5. The van der Waals surface area contributed by atoms with Crippen LogP contribution in [0.3, 0.4) is 0 Å². The van der Waals surface area contributed by atoms with Gasteiger partial charge in [-0.1, -0.05) is 12.1 Å². The first-order valence-electron chi connectivity index (χ1n) is 9.97. The van der Waals surface area contributed by atoms with Gasteiger partial charge in [0.1, 0.15) is 17.9 Å². The number of ether oxygens (including phenoxy) is 1. The van der Waals surface area contributed by atoms with E-state index in [1.807, 2.05) is 17.2 Å². The molecule has 2 aliphatic rings. The number of hydrogen-bond acceptors (Lipinski definition) is 5. The number of pyridine rings is 1. The Hall–Kier alpha value is -3.19. The Morgan fingerprint density at radius 1 is 1.07 bits per heavy atom. The number of nitrogens with zero attached hydrogens (tertiary/aromatic N) is 5. The number of piperazine rings is 1.